The first-order valence-corrected chi connectivity index (χ1v) is 12.3. The van der Waals surface area contributed by atoms with Gasteiger partial charge in [-0.2, -0.15) is 0 Å². The molecule has 0 amide bonds. The maximum atomic E-state index is 5.67. The number of rotatable bonds is 11. The summed E-state index contributed by atoms with van der Waals surface area (Å²) in [5.41, 5.74) is 0. The zero-order chi connectivity index (χ0) is 20.3. The van der Waals surface area contributed by atoms with Crippen LogP contribution < -0.4 is 25.4 Å². The van der Waals surface area contributed by atoms with E-state index >= 15 is 0 Å². The molecule has 0 heterocycles. The Balaban J connectivity index is 1.64. The normalized spacial score (nSPS) is 10.9. The molecule has 3 nitrogen and oxygen atoms in total. The van der Waals surface area contributed by atoms with Gasteiger partial charge in [-0.25, -0.2) is 0 Å². The first-order chi connectivity index (χ1) is 14.3. The van der Waals surface area contributed by atoms with Crippen LogP contribution in [0.25, 0.3) is 0 Å². The van der Waals surface area contributed by atoms with Crippen molar-refractivity contribution in [2.45, 2.75) is 4.90 Å². The highest BCUT2D eigenvalue weighted by atomic mass is 32.2. The molecule has 5 heteroatoms. The molecule has 3 rings (SSSR count). The second-order valence-corrected chi connectivity index (χ2v) is 9.84. The molecule has 0 fully saturated rings. The number of para-hydroxylation sites is 2. The van der Waals surface area contributed by atoms with E-state index in [0.717, 1.165) is 36.5 Å². The highest BCUT2D eigenvalue weighted by molar-refractivity contribution is 7.99. The molecule has 152 valence electrons. The van der Waals surface area contributed by atoms with Crippen molar-refractivity contribution >= 4 is 30.3 Å². The Morgan fingerprint density at radius 3 is 1.86 bits per heavy atom. The number of nitrogens with one attached hydrogen (secondary N) is 1. The van der Waals surface area contributed by atoms with Crippen molar-refractivity contribution in [3.63, 3.8) is 0 Å². The lowest BCUT2D eigenvalue weighted by Crippen LogP contribution is -2.25. The molecule has 0 unspecified atom stereocenters. The van der Waals surface area contributed by atoms with Crippen LogP contribution in [0.3, 0.4) is 0 Å². The summed E-state index contributed by atoms with van der Waals surface area (Å²) in [6, 6.07) is 27.2. The zero-order valence-electron chi connectivity index (χ0n) is 17.0. The first-order valence-electron chi connectivity index (χ1n) is 9.75. The molecule has 0 aliphatic carbocycles. The number of ether oxygens (including phenoxy) is 2. The molecular formula is C24H28NO2PS. The van der Waals surface area contributed by atoms with E-state index in [9.17, 15) is 0 Å². The van der Waals surface area contributed by atoms with E-state index in [4.69, 9.17) is 9.47 Å². The lowest BCUT2D eigenvalue weighted by atomic mass is 10.3. The Morgan fingerprint density at radius 1 is 0.724 bits per heavy atom. The van der Waals surface area contributed by atoms with E-state index < -0.39 is 7.92 Å². The lowest BCUT2D eigenvalue weighted by molar-refractivity contribution is 0.417. The number of methoxy groups -OCH3 is 2. The minimum Gasteiger partial charge on any atom is -0.496 e. The van der Waals surface area contributed by atoms with Crippen LogP contribution in [-0.4, -0.2) is 39.2 Å². The molecule has 0 aliphatic heterocycles. The molecule has 1 N–H and O–H groups in total. The predicted molar refractivity (Wildman–Crippen MR) is 127 cm³/mol. The topological polar surface area (TPSA) is 30.5 Å². The van der Waals surface area contributed by atoms with Gasteiger partial charge in [0, 0.05) is 27.8 Å². The highest BCUT2D eigenvalue weighted by Crippen LogP contribution is 2.39. The number of hydrogen-bond donors (Lipinski definition) is 1. The third-order valence-electron chi connectivity index (χ3n) is 4.55. The predicted octanol–water partition coefficient (Wildman–Crippen LogP) is 4.52. The van der Waals surface area contributed by atoms with Crippen LogP contribution >= 0.6 is 19.7 Å². The Bertz CT molecular complexity index is 828. The standard InChI is InChI=1S/C24H28NO2PS/c1-26-21-12-6-8-14-23(21)28(24-15-9-7-13-22(24)27-2)18-16-25-17-19-29-20-10-4-3-5-11-20/h3-15,25H,16-19H2,1-2H3. The molecular weight excluding hydrogens is 397 g/mol. The van der Waals surface area contributed by atoms with Gasteiger partial charge in [0.25, 0.3) is 0 Å². The van der Waals surface area contributed by atoms with Gasteiger partial charge in [-0.3, -0.25) is 0 Å². The van der Waals surface area contributed by atoms with Gasteiger partial charge in [0.05, 0.1) is 14.2 Å². The molecule has 0 radical (unpaired) electrons. The van der Waals surface area contributed by atoms with Gasteiger partial charge in [0.1, 0.15) is 11.5 Å². The second-order valence-electron chi connectivity index (χ2n) is 6.41. The van der Waals surface area contributed by atoms with Gasteiger partial charge in [0.15, 0.2) is 0 Å². The van der Waals surface area contributed by atoms with E-state index in [-0.39, 0.29) is 0 Å². The third-order valence-corrected chi connectivity index (χ3v) is 8.14. The number of benzene rings is 3. The fraction of sp³-hybridized carbons (Fsp3) is 0.250. The minimum absolute atomic E-state index is 0.588. The number of hydrogen-bond acceptors (Lipinski definition) is 4. The van der Waals surface area contributed by atoms with E-state index in [1.54, 1.807) is 14.2 Å². The first kappa shape index (κ1) is 21.7. The molecule has 3 aromatic rings. The van der Waals surface area contributed by atoms with Crippen LogP contribution in [0.2, 0.25) is 0 Å². The summed E-state index contributed by atoms with van der Waals surface area (Å²) in [5.74, 6) is 2.96. The minimum atomic E-state index is -0.588. The molecule has 0 spiro atoms. The smallest absolute Gasteiger partial charge is 0.126 e. The van der Waals surface area contributed by atoms with Gasteiger partial charge in [-0.1, -0.05) is 54.6 Å². The van der Waals surface area contributed by atoms with Crippen LogP contribution in [0, 0.1) is 0 Å². The Labute approximate surface area is 179 Å². The summed E-state index contributed by atoms with van der Waals surface area (Å²) in [5, 5.41) is 6.13. The van der Waals surface area contributed by atoms with Crippen LogP contribution in [0.4, 0.5) is 0 Å². The summed E-state index contributed by atoms with van der Waals surface area (Å²) in [4.78, 5) is 1.32. The van der Waals surface area contributed by atoms with E-state index in [2.05, 4.69) is 59.9 Å². The zero-order valence-corrected chi connectivity index (χ0v) is 18.7. The molecule has 29 heavy (non-hydrogen) atoms. The molecule has 0 atom stereocenters. The summed E-state index contributed by atoms with van der Waals surface area (Å²) in [6.07, 6.45) is 1.03. The lowest BCUT2D eigenvalue weighted by Gasteiger charge is -2.23. The van der Waals surface area contributed by atoms with Crippen LogP contribution in [-0.2, 0) is 0 Å². The van der Waals surface area contributed by atoms with Crippen molar-refractivity contribution in [2.75, 3.05) is 39.2 Å². The van der Waals surface area contributed by atoms with Gasteiger partial charge >= 0.3 is 0 Å². The highest BCUT2D eigenvalue weighted by Gasteiger charge is 2.20. The summed E-state index contributed by atoms with van der Waals surface area (Å²) in [6.45, 7) is 1.94. The summed E-state index contributed by atoms with van der Waals surface area (Å²) in [7, 11) is 2.90. The molecule has 0 saturated heterocycles. The van der Waals surface area contributed by atoms with Gasteiger partial charge < -0.3 is 14.8 Å². The van der Waals surface area contributed by atoms with Crippen molar-refractivity contribution in [1.29, 1.82) is 0 Å². The van der Waals surface area contributed by atoms with Crippen LogP contribution in [0.5, 0.6) is 11.5 Å². The Kier molecular flexibility index (Phi) is 8.88. The van der Waals surface area contributed by atoms with E-state index in [1.165, 1.54) is 15.5 Å². The van der Waals surface area contributed by atoms with Gasteiger partial charge in [-0.05, 0) is 44.9 Å². The maximum absolute atomic E-state index is 5.67. The largest absolute Gasteiger partial charge is 0.496 e. The van der Waals surface area contributed by atoms with Crippen molar-refractivity contribution in [1.82, 2.24) is 5.32 Å². The van der Waals surface area contributed by atoms with E-state index in [1.807, 2.05) is 36.0 Å². The molecule has 0 saturated carbocycles. The fourth-order valence-electron chi connectivity index (χ4n) is 3.15. The molecule has 0 bridgehead atoms. The Hall–Kier alpha value is -2.00. The van der Waals surface area contributed by atoms with Crippen LogP contribution in [0.15, 0.2) is 83.8 Å². The quantitative estimate of drug-likeness (QED) is 0.278. The number of thioether (sulfide) groups is 1. The summed E-state index contributed by atoms with van der Waals surface area (Å²) >= 11 is 1.89. The second kappa shape index (κ2) is 11.9. The average molecular weight is 426 g/mol. The third kappa shape index (κ3) is 6.24. The van der Waals surface area contributed by atoms with Crippen molar-refractivity contribution in [2.24, 2.45) is 0 Å². The summed E-state index contributed by atoms with van der Waals surface area (Å²) < 4.78 is 11.3. The fourth-order valence-corrected chi connectivity index (χ4v) is 6.50. The average Bonchev–Trinajstić information content (AvgIpc) is 2.79. The van der Waals surface area contributed by atoms with Crippen molar-refractivity contribution < 1.29 is 9.47 Å². The van der Waals surface area contributed by atoms with E-state index in [0.29, 0.717) is 0 Å². The SMILES string of the molecule is COc1ccccc1P(CCNCCSc1ccccc1)c1ccccc1OC. The van der Waals surface area contributed by atoms with Gasteiger partial charge in [0.2, 0.25) is 0 Å². The molecule has 3 aromatic carbocycles. The van der Waals surface area contributed by atoms with Crippen LogP contribution in [0.1, 0.15) is 0 Å². The maximum Gasteiger partial charge on any atom is 0.126 e. The monoisotopic (exact) mass is 425 g/mol. The molecule has 0 aromatic heterocycles. The van der Waals surface area contributed by atoms with Gasteiger partial charge in [-0.15, -0.1) is 11.8 Å². The van der Waals surface area contributed by atoms with Crippen molar-refractivity contribution in [3.8, 4) is 11.5 Å². The van der Waals surface area contributed by atoms with Crippen molar-refractivity contribution in [3.05, 3.63) is 78.9 Å². The Morgan fingerprint density at radius 2 is 1.28 bits per heavy atom. The molecule has 0 aliphatic rings.